The van der Waals surface area contributed by atoms with Crippen LogP contribution in [0.3, 0.4) is 0 Å². The van der Waals surface area contributed by atoms with E-state index < -0.39 is 6.04 Å². The number of carbonyl (C=O) groups is 2. The Kier molecular flexibility index (Phi) is 8.80. The quantitative estimate of drug-likeness (QED) is 0.329. The maximum Gasteiger partial charge on any atom is 0.245 e. The van der Waals surface area contributed by atoms with E-state index in [1.54, 1.807) is 0 Å². The van der Waals surface area contributed by atoms with Crippen LogP contribution in [-0.4, -0.2) is 78.4 Å². The Morgan fingerprint density at radius 3 is 2.40 bits per heavy atom. The number of likely N-dealkylation sites (N-methyl/N-ethyl adjacent to an activating group) is 2. The number of hydrogen-bond donors (Lipinski definition) is 1. The van der Waals surface area contributed by atoms with Crippen LogP contribution in [0.4, 0.5) is 0 Å². The number of fused-ring (bicyclic) bond motifs is 2. The van der Waals surface area contributed by atoms with E-state index in [1.165, 1.54) is 27.5 Å². The lowest BCUT2D eigenvalue weighted by atomic mass is 9.93. The first kappa shape index (κ1) is 29.4. The summed E-state index contributed by atoms with van der Waals surface area (Å²) >= 11 is 6.54. The number of carbonyl (C=O) groups excluding carboxylic acids is 2. The largest absolute Gasteiger partial charge is 0.343 e. The smallest absolute Gasteiger partial charge is 0.245 e. The summed E-state index contributed by atoms with van der Waals surface area (Å²) in [6.07, 6.45) is 1.81. The van der Waals surface area contributed by atoms with Crippen molar-refractivity contribution in [3.63, 3.8) is 0 Å². The highest BCUT2D eigenvalue weighted by Gasteiger charge is 2.35. The summed E-state index contributed by atoms with van der Waals surface area (Å²) in [6, 6.07) is 30.0. The molecule has 0 aromatic heterocycles. The van der Waals surface area contributed by atoms with Gasteiger partial charge in [0.05, 0.1) is 6.04 Å². The van der Waals surface area contributed by atoms with Gasteiger partial charge in [-0.25, -0.2) is 0 Å². The van der Waals surface area contributed by atoms with Gasteiger partial charge < -0.3 is 10.2 Å². The summed E-state index contributed by atoms with van der Waals surface area (Å²) in [4.78, 5) is 34.4. The lowest BCUT2D eigenvalue weighted by Crippen LogP contribution is -2.60. The second kappa shape index (κ2) is 12.9. The lowest BCUT2D eigenvalue weighted by molar-refractivity contribution is -0.140. The second-order valence-electron chi connectivity index (χ2n) is 12.1. The topological polar surface area (TPSA) is 55.9 Å². The summed E-state index contributed by atoms with van der Waals surface area (Å²) in [5.74, 6) is -0.173. The number of halogens is 1. The van der Waals surface area contributed by atoms with Crippen molar-refractivity contribution in [2.45, 2.75) is 43.9 Å². The molecule has 6 rings (SSSR count). The van der Waals surface area contributed by atoms with E-state index in [-0.39, 0.29) is 23.9 Å². The Balaban J connectivity index is 1.20. The van der Waals surface area contributed by atoms with Crippen molar-refractivity contribution in [2.24, 2.45) is 0 Å². The van der Waals surface area contributed by atoms with Crippen molar-refractivity contribution < 1.29 is 9.59 Å². The Labute approximate surface area is 259 Å². The first-order chi connectivity index (χ1) is 20.9. The minimum Gasteiger partial charge on any atom is -0.343 e. The fraction of sp³-hybridized carbons (Fsp3) is 0.333. The maximum absolute atomic E-state index is 14.2. The number of amides is 2. The molecular weight excluding hydrogens is 556 g/mol. The number of piperazine rings is 1. The third kappa shape index (κ3) is 6.62. The molecule has 7 heteroatoms. The van der Waals surface area contributed by atoms with Crippen LogP contribution in [-0.2, 0) is 35.4 Å². The molecule has 6 nitrogen and oxygen atoms in total. The first-order valence-corrected chi connectivity index (χ1v) is 15.5. The molecule has 1 fully saturated rings. The molecule has 3 atom stereocenters. The molecule has 2 heterocycles. The Bertz CT molecular complexity index is 1620. The Hall–Kier alpha value is -3.71. The van der Waals surface area contributed by atoms with Crippen LogP contribution in [0.5, 0.6) is 0 Å². The summed E-state index contributed by atoms with van der Waals surface area (Å²) in [6.45, 7) is 2.70. The van der Waals surface area contributed by atoms with Gasteiger partial charge in [0.2, 0.25) is 11.8 Å². The van der Waals surface area contributed by atoms with Crippen molar-refractivity contribution in [3.8, 4) is 0 Å². The van der Waals surface area contributed by atoms with Gasteiger partial charge in [-0.3, -0.25) is 19.4 Å². The van der Waals surface area contributed by atoms with Crippen molar-refractivity contribution in [1.82, 2.24) is 20.0 Å². The van der Waals surface area contributed by atoms with Crippen molar-refractivity contribution in [3.05, 3.63) is 118 Å². The zero-order chi connectivity index (χ0) is 29.9. The van der Waals surface area contributed by atoms with Crippen LogP contribution in [0, 0.1) is 0 Å². The molecule has 222 valence electrons. The summed E-state index contributed by atoms with van der Waals surface area (Å²) in [7, 11) is 4.11. The molecule has 0 bridgehead atoms. The van der Waals surface area contributed by atoms with Crippen LogP contribution in [0.15, 0.2) is 91.0 Å². The van der Waals surface area contributed by atoms with E-state index in [1.807, 2.05) is 48.3 Å². The minimum atomic E-state index is -0.706. The average Bonchev–Trinajstić information content (AvgIpc) is 3.02. The zero-order valence-corrected chi connectivity index (χ0v) is 25.6. The molecule has 4 aromatic carbocycles. The van der Waals surface area contributed by atoms with Crippen LogP contribution >= 0.6 is 11.6 Å². The zero-order valence-electron chi connectivity index (χ0n) is 24.9. The molecule has 1 saturated heterocycles. The number of hydrogen-bond acceptors (Lipinski definition) is 4. The molecule has 2 aliphatic heterocycles. The maximum atomic E-state index is 14.2. The minimum absolute atomic E-state index is 0.0521. The molecular formula is C36H39ClN4O2. The summed E-state index contributed by atoms with van der Waals surface area (Å²) in [5, 5.41) is 6.23. The van der Waals surface area contributed by atoms with Gasteiger partial charge in [-0.1, -0.05) is 96.5 Å². The highest BCUT2D eigenvalue weighted by molar-refractivity contribution is 6.31. The highest BCUT2D eigenvalue weighted by Crippen LogP contribution is 2.24. The van der Waals surface area contributed by atoms with Gasteiger partial charge in [-0.15, -0.1) is 0 Å². The molecule has 0 spiro atoms. The molecule has 43 heavy (non-hydrogen) atoms. The van der Waals surface area contributed by atoms with E-state index in [2.05, 4.69) is 76.8 Å². The average molecular weight is 595 g/mol. The lowest BCUT2D eigenvalue weighted by Gasteiger charge is -2.41. The normalized spacial score (nSPS) is 20.0. The standard InChI is InChI=1S/C36H39ClN4O2/c1-39-17-18-41(24-31(39)20-25-15-16-26-9-3-4-10-27(26)19-25)36(43)33(21-29-12-7-8-14-32(29)37)38-35(42)34-22-28-11-5-6-13-30(28)23-40(34)2/h3-16,19,31,33-34H,17-18,20-24H2,1-2H3,(H,38,42)/t31-,33-,34-/m1/s1. The first-order valence-electron chi connectivity index (χ1n) is 15.1. The van der Waals surface area contributed by atoms with Crippen LogP contribution in [0.1, 0.15) is 22.3 Å². The van der Waals surface area contributed by atoms with Crippen molar-refractivity contribution >= 4 is 34.2 Å². The van der Waals surface area contributed by atoms with Gasteiger partial charge in [0.15, 0.2) is 0 Å². The van der Waals surface area contributed by atoms with Crippen molar-refractivity contribution in [2.75, 3.05) is 33.7 Å². The Morgan fingerprint density at radius 2 is 1.58 bits per heavy atom. The van der Waals surface area contributed by atoms with Gasteiger partial charge >= 0.3 is 0 Å². The second-order valence-corrected chi connectivity index (χ2v) is 12.5. The molecule has 0 saturated carbocycles. The molecule has 1 N–H and O–H groups in total. The molecule has 0 unspecified atom stereocenters. The number of benzene rings is 4. The van der Waals surface area contributed by atoms with Gasteiger partial charge in [-0.05, 0) is 66.0 Å². The van der Waals surface area contributed by atoms with E-state index in [0.29, 0.717) is 37.5 Å². The van der Waals surface area contributed by atoms with Crippen LogP contribution in [0.2, 0.25) is 5.02 Å². The molecule has 0 aliphatic carbocycles. The van der Waals surface area contributed by atoms with Gasteiger partial charge in [0.25, 0.3) is 0 Å². The SMILES string of the molecule is CN1CCN(C(=O)[C@@H](Cc2ccccc2Cl)NC(=O)[C@H]2Cc3ccccc3CN2C)C[C@H]1Cc1ccc2ccccc2c1. The third-order valence-electron chi connectivity index (χ3n) is 9.16. The van der Waals surface area contributed by atoms with Gasteiger partial charge in [-0.2, -0.15) is 0 Å². The fourth-order valence-electron chi connectivity index (χ4n) is 6.52. The molecule has 2 amide bonds. The predicted octanol–water partition coefficient (Wildman–Crippen LogP) is 4.96. The van der Waals surface area contributed by atoms with E-state index in [4.69, 9.17) is 11.6 Å². The van der Waals surface area contributed by atoms with Gasteiger partial charge in [0, 0.05) is 43.7 Å². The van der Waals surface area contributed by atoms with E-state index >= 15 is 0 Å². The van der Waals surface area contributed by atoms with E-state index in [9.17, 15) is 9.59 Å². The van der Waals surface area contributed by atoms with E-state index in [0.717, 1.165) is 18.5 Å². The third-order valence-corrected chi connectivity index (χ3v) is 9.53. The molecule has 2 aliphatic rings. The Morgan fingerprint density at radius 1 is 0.860 bits per heavy atom. The number of nitrogens with one attached hydrogen (secondary N) is 1. The predicted molar refractivity (Wildman–Crippen MR) is 173 cm³/mol. The highest BCUT2D eigenvalue weighted by atomic mass is 35.5. The molecule has 0 radical (unpaired) electrons. The number of rotatable bonds is 7. The molecule has 4 aromatic rings. The number of nitrogens with zero attached hydrogens (tertiary/aromatic N) is 3. The van der Waals surface area contributed by atoms with Crippen molar-refractivity contribution in [1.29, 1.82) is 0 Å². The van der Waals surface area contributed by atoms with Gasteiger partial charge in [0.1, 0.15) is 6.04 Å². The fourth-order valence-corrected chi connectivity index (χ4v) is 6.74. The summed E-state index contributed by atoms with van der Waals surface area (Å²) < 4.78 is 0. The summed E-state index contributed by atoms with van der Waals surface area (Å²) in [5.41, 5.74) is 4.54. The monoisotopic (exact) mass is 594 g/mol. The van der Waals surface area contributed by atoms with Crippen LogP contribution < -0.4 is 5.32 Å². The van der Waals surface area contributed by atoms with Crippen LogP contribution in [0.25, 0.3) is 10.8 Å².